The van der Waals surface area contributed by atoms with Gasteiger partial charge in [0.05, 0.1) is 11.9 Å². The predicted molar refractivity (Wildman–Crippen MR) is 96.7 cm³/mol. The largest absolute Gasteiger partial charge is 0.506 e. The SMILES string of the molecule is CC(C)(C)CC(C)(C)c1ccc(O)c(N=Cc2ccccn2)c1. The molecule has 0 fully saturated rings. The highest BCUT2D eigenvalue weighted by Crippen LogP contribution is 2.39. The lowest BCUT2D eigenvalue weighted by Gasteiger charge is -2.33. The first-order valence-corrected chi connectivity index (χ1v) is 7.96. The third-order valence-electron chi connectivity index (χ3n) is 3.75. The quantitative estimate of drug-likeness (QED) is 0.784. The summed E-state index contributed by atoms with van der Waals surface area (Å²) in [7, 11) is 0. The van der Waals surface area contributed by atoms with E-state index in [1.807, 2.05) is 30.3 Å². The number of phenols is 1. The van der Waals surface area contributed by atoms with Crippen LogP contribution in [0, 0.1) is 5.41 Å². The Hall–Kier alpha value is -2.16. The molecule has 2 rings (SSSR count). The molecule has 0 spiro atoms. The molecular weight excluding hydrogens is 284 g/mol. The standard InChI is InChI=1S/C20H26N2O/c1-19(2,3)14-20(4,5)15-9-10-18(23)17(12-15)22-13-16-8-6-7-11-21-16/h6-13,23H,14H2,1-5H3. The Morgan fingerprint density at radius 3 is 2.43 bits per heavy atom. The summed E-state index contributed by atoms with van der Waals surface area (Å²) in [5.41, 5.74) is 2.78. The molecule has 1 aromatic heterocycles. The molecule has 0 aliphatic heterocycles. The van der Waals surface area contributed by atoms with Crippen LogP contribution in [0.3, 0.4) is 0 Å². The average molecular weight is 310 g/mol. The van der Waals surface area contributed by atoms with Crippen LogP contribution in [0.15, 0.2) is 47.6 Å². The molecule has 122 valence electrons. The molecule has 3 heteroatoms. The predicted octanol–water partition coefficient (Wildman–Crippen LogP) is 5.25. The average Bonchev–Trinajstić information content (AvgIpc) is 2.45. The number of pyridine rings is 1. The summed E-state index contributed by atoms with van der Waals surface area (Å²) in [6.07, 6.45) is 4.45. The summed E-state index contributed by atoms with van der Waals surface area (Å²) < 4.78 is 0. The van der Waals surface area contributed by atoms with E-state index in [2.05, 4.69) is 44.6 Å². The zero-order valence-corrected chi connectivity index (χ0v) is 14.7. The number of aromatic nitrogens is 1. The lowest BCUT2D eigenvalue weighted by molar-refractivity contribution is 0.284. The van der Waals surface area contributed by atoms with Crippen LogP contribution < -0.4 is 0 Å². The van der Waals surface area contributed by atoms with Crippen LogP contribution >= 0.6 is 0 Å². The zero-order valence-electron chi connectivity index (χ0n) is 14.7. The van der Waals surface area contributed by atoms with E-state index in [1.165, 1.54) is 5.56 Å². The molecule has 0 aliphatic carbocycles. The minimum atomic E-state index is 0.0151. The molecule has 23 heavy (non-hydrogen) atoms. The molecule has 0 bridgehead atoms. The highest BCUT2D eigenvalue weighted by molar-refractivity contribution is 5.80. The van der Waals surface area contributed by atoms with E-state index < -0.39 is 0 Å². The van der Waals surface area contributed by atoms with Crippen LogP contribution in [0.1, 0.15) is 52.3 Å². The van der Waals surface area contributed by atoms with Crippen LogP contribution in [-0.4, -0.2) is 16.3 Å². The first-order chi connectivity index (χ1) is 10.7. The van der Waals surface area contributed by atoms with Gasteiger partial charge >= 0.3 is 0 Å². The summed E-state index contributed by atoms with van der Waals surface area (Å²) in [6.45, 7) is 11.2. The Kier molecular flexibility index (Phi) is 4.88. The Balaban J connectivity index is 2.30. The number of rotatable bonds is 4. The number of hydrogen-bond acceptors (Lipinski definition) is 3. The van der Waals surface area contributed by atoms with Crippen molar-refractivity contribution in [2.24, 2.45) is 10.4 Å². The molecule has 0 saturated heterocycles. The monoisotopic (exact) mass is 310 g/mol. The molecule has 1 aromatic carbocycles. The van der Waals surface area contributed by atoms with Gasteiger partial charge in [-0.15, -0.1) is 0 Å². The van der Waals surface area contributed by atoms with Gasteiger partial charge < -0.3 is 5.11 Å². The minimum absolute atomic E-state index is 0.0151. The van der Waals surface area contributed by atoms with Crippen molar-refractivity contribution in [3.8, 4) is 5.75 Å². The minimum Gasteiger partial charge on any atom is -0.506 e. The molecule has 1 N–H and O–H groups in total. The second kappa shape index (κ2) is 6.53. The third-order valence-corrected chi connectivity index (χ3v) is 3.75. The van der Waals surface area contributed by atoms with Crippen LogP contribution in [-0.2, 0) is 5.41 Å². The topological polar surface area (TPSA) is 45.5 Å². The number of aliphatic imine (C=N–C) groups is 1. The van der Waals surface area contributed by atoms with Gasteiger partial charge in [0.25, 0.3) is 0 Å². The maximum absolute atomic E-state index is 10.1. The number of hydrogen-bond donors (Lipinski definition) is 1. The van der Waals surface area contributed by atoms with Crippen molar-refractivity contribution in [3.05, 3.63) is 53.9 Å². The zero-order chi connectivity index (χ0) is 17.1. The number of nitrogens with zero attached hydrogens (tertiary/aromatic N) is 2. The van der Waals surface area contributed by atoms with Gasteiger partial charge in [-0.1, -0.05) is 46.8 Å². The van der Waals surface area contributed by atoms with E-state index in [9.17, 15) is 5.11 Å². The van der Waals surface area contributed by atoms with Crippen molar-refractivity contribution >= 4 is 11.9 Å². The van der Waals surface area contributed by atoms with E-state index in [0.29, 0.717) is 5.69 Å². The lowest BCUT2D eigenvalue weighted by atomic mass is 9.72. The maximum Gasteiger partial charge on any atom is 0.141 e. The van der Waals surface area contributed by atoms with Gasteiger partial charge in [0, 0.05) is 6.20 Å². The van der Waals surface area contributed by atoms with Crippen molar-refractivity contribution in [1.82, 2.24) is 4.98 Å². The van der Waals surface area contributed by atoms with Crippen molar-refractivity contribution in [2.45, 2.75) is 46.5 Å². The van der Waals surface area contributed by atoms with E-state index in [0.717, 1.165) is 12.1 Å². The van der Waals surface area contributed by atoms with Crippen LogP contribution in [0.2, 0.25) is 0 Å². The summed E-state index contributed by atoms with van der Waals surface area (Å²) in [6, 6.07) is 11.3. The molecule has 0 saturated carbocycles. The first-order valence-electron chi connectivity index (χ1n) is 7.96. The Morgan fingerprint density at radius 2 is 1.83 bits per heavy atom. The summed E-state index contributed by atoms with van der Waals surface area (Å²) in [5.74, 6) is 0.187. The van der Waals surface area contributed by atoms with Crippen molar-refractivity contribution in [2.75, 3.05) is 0 Å². The van der Waals surface area contributed by atoms with Crippen LogP contribution in [0.4, 0.5) is 5.69 Å². The fourth-order valence-corrected chi connectivity index (χ4v) is 3.06. The fourth-order valence-electron chi connectivity index (χ4n) is 3.06. The Labute approximate surface area is 139 Å². The second-order valence-electron chi connectivity index (χ2n) is 7.84. The second-order valence-corrected chi connectivity index (χ2v) is 7.84. The molecule has 1 heterocycles. The van der Waals surface area contributed by atoms with Gasteiger partial charge in [0.2, 0.25) is 0 Å². The third kappa shape index (κ3) is 4.92. The Bertz CT molecular complexity index is 683. The molecule has 0 atom stereocenters. The first kappa shape index (κ1) is 17.2. The van der Waals surface area contributed by atoms with Gasteiger partial charge in [0.15, 0.2) is 0 Å². The number of benzene rings is 1. The summed E-state index contributed by atoms with van der Waals surface area (Å²) in [5, 5.41) is 10.1. The van der Waals surface area contributed by atoms with E-state index in [-0.39, 0.29) is 16.6 Å². The number of phenolic OH excluding ortho intramolecular Hbond substituents is 1. The molecule has 0 amide bonds. The smallest absolute Gasteiger partial charge is 0.141 e. The molecular formula is C20H26N2O. The normalized spacial score (nSPS) is 12.7. The van der Waals surface area contributed by atoms with E-state index in [1.54, 1.807) is 18.5 Å². The Morgan fingerprint density at radius 1 is 1.09 bits per heavy atom. The summed E-state index contributed by atoms with van der Waals surface area (Å²) in [4.78, 5) is 8.62. The highest BCUT2D eigenvalue weighted by atomic mass is 16.3. The maximum atomic E-state index is 10.1. The molecule has 0 unspecified atom stereocenters. The molecule has 0 radical (unpaired) electrons. The van der Waals surface area contributed by atoms with Gasteiger partial charge in [0.1, 0.15) is 11.4 Å². The van der Waals surface area contributed by atoms with Crippen molar-refractivity contribution in [1.29, 1.82) is 0 Å². The van der Waals surface area contributed by atoms with Gasteiger partial charge in [-0.2, -0.15) is 0 Å². The number of aromatic hydroxyl groups is 1. The van der Waals surface area contributed by atoms with Gasteiger partial charge in [-0.25, -0.2) is 0 Å². The molecule has 3 nitrogen and oxygen atoms in total. The van der Waals surface area contributed by atoms with Crippen molar-refractivity contribution < 1.29 is 5.11 Å². The van der Waals surface area contributed by atoms with Crippen LogP contribution in [0.5, 0.6) is 5.75 Å². The van der Waals surface area contributed by atoms with E-state index >= 15 is 0 Å². The fraction of sp³-hybridized carbons (Fsp3) is 0.400. The van der Waals surface area contributed by atoms with Gasteiger partial charge in [-0.05, 0) is 47.1 Å². The van der Waals surface area contributed by atoms with Crippen molar-refractivity contribution in [3.63, 3.8) is 0 Å². The molecule has 0 aliphatic rings. The van der Waals surface area contributed by atoms with Gasteiger partial charge in [-0.3, -0.25) is 9.98 Å². The highest BCUT2D eigenvalue weighted by Gasteiger charge is 2.27. The van der Waals surface area contributed by atoms with Crippen LogP contribution in [0.25, 0.3) is 0 Å². The molecule has 2 aromatic rings. The summed E-state index contributed by atoms with van der Waals surface area (Å²) >= 11 is 0. The lowest BCUT2D eigenvalue weighted by Crippen LogP contribution is -2.24. The van der Waals surface area contributed by atoms with E-state index in [4.69, 9.17) is 0 Å².